The molecule has 0 spiro atoms. The molecule has 124 valence electrons. The van der Waals surface area contributed by atoms with E-state index in [-0.39, 0.29) is 29.8 Å². The SMILES string of the molecule is O=C(NC1CCC([Se])C([Se])C1)/C(Cc1ccc(O)c(Br)c1)=N/O. The van der Waals surface area contributed by atoms with Gasteiger partial charge in [0, 0.05) is 0 Å². The fourth-order valence-electron chi connectivity index (χ4n) is 2.52. The quantitative estimate of drug-likeness (QED) is 0.251. The average molecular weight is 511 g/mol. The third-order valence-electron chi connectivity index (χ3n) is 3.83. The van der Waals surface area contributed by atoms with Gasteiger partial charge in [0.05, 0.1) is 0 Å². The van der Waals surface area contributed by atoms with E-state index >= 15 is 0 Å². The number of rotatable bonds is 4. The topological polar surface area (TPSA) is 81.9 Å². The molecule has 3 N–H and O–H groups in total. The number of hydrogen-bond donors (Lipinski definition) is 3. The molecule has 1 aromatic rings. The van der Waals surface area contributed by atoms with Crippen LogP contribution in [-0.2, 0) is 11.2 Å². The molecular formula is C15H17BrN2O3Se2. The maximum absolute atomic E-state index is 12.3. The van der Waals surface area contributed by atoms with Crippen LogP contribution >= 0.6 is 15.9 Å². The number of phenolic OH excluding ortho intramolecular Hbond substituents is 1. The number of carbonyl (C=O) groups is 1. The Morgan fingerprint density at radius 1 is 1.35 bits per heavy atom. The summed E-state index contributed by atoms with van der Waals surface area (Å²) in [6.45, 7) is 0. The summed E-state index contributed by atoms with van der Waals surface area (Å²) in [6, 6.07) is 5.00. The van der Waals surface area contributed by atoms with Gasteiger partial charge in [0.1, 0.15) is 0 Å². The van der Waals surface area contributed by atoms with E-state index < -0.39 is 0 Å². The number of aromatic hydroxyl groups is 1. The van der Waals surface area contributed by atoms with E-state index in [1.807, 2.05) is 0 Å². The molecule has 23 heavy (non-hydrogen) atoms. The molecule has 1 amide bonds. The zero-order valence-electron chi connectivity index (χ0n) is 12.2. The summed E-state index contributed by atoms with van der Waals surface area (Å²) in [6.07, 6.45) is 2.98. The van der Waals surface area contributed by atoms with E-state index in [1.165, 1.54) is 6.07 Å². The Balaban J connectivity index is 1.97. The molecule has 0 bridgehead atoms. The Labute approximate surface area is 160 Å². The molecular weight excluding hydrogens is 494 g/mol. The van der Waals surface area contributed by atoms with Gasteiger partial charge in [0.2, 0.25) is 0 Å². The number of benzene rings is 1. The first kappa shape index (κ1) is 18.8. The molecule has 1 aliphatic carbocycles. The van der Waals surface area contributed by atoms with Gasteiger partial charge in [-0.3, -0.25) is 0 Å². The van der Waals surface area contributed by atoms with Crippen molar-refractivity contribution in [3.8, 4) is 5.75 Å². The number of oxime groups is 1. The molecule has 2 rings (SSSR count). The number of halogens is 1. The van der Waals surface area contributed by atoms with Gasteiger partial charge in [-0.1, -0.05) is 0 Å². The van der Waals surface area contributed by atoms with E-state index in [4.69, 9.17) is 5.21 Å². The van der Waals surface area contributed by atoms with E-state index in [0.29, 0.717) is 14.1 Å². The summed E-state index contributed by atoms with van der Waals surface area (Å²) in [5, 5.41) is 24.7. The number of phenols is 1. The Hall–Kier alpha value is -0.521. The van der Waals surface area contributed by atoms with Gasteiger partial charge in [-0.15, -0.1) is 0 Å². The number of nitrogens with zero attached hydrogens (tertiary/aromatic N) is 1. The number of carbonyl (C=O) groups excluding carboxylic acids is 1. The average Bonchev–Trinajstić information content (AvgIpc) is 2.52. The van der Waals surface area contributed by atoms with Crippen LogP contribution in [0.2, 0.25) is 9.63 Å². The van der Waals surface area contributed by atoms with Gasteiger partial charge >= 0.3 is 160 Å². The van der Waals surface area contributed by atoms with E-state index in [2.05, 4.69) is 58.4 Å². The van der Waals surface area contributed by atoms with Gasteiger partial charge in [-0.25, -0.2) is 0 Å². The van der Waals surface area contributed by atoms with Crippen LogP contribution in [0, 0.1) is 0 Å². The first-order valence-corrected chi connectivity index (χ1v) is 9.98. The molecule has 5 nitrogen and oxygen atoms in total. The monoisotopic (exact) mass is 512 g/mol. The van der Waals surface area contributed by atoms with Crippen molar-refractivity contribution in [1.29, 1.82) is 0 Å². The number of amides is 1. The summed E-state index contributed by atoms with van der Waals surface area (Å²) in [4.78, 5) is 13.2. The van der Waals surface area contributed by atoms with Crippen LogP contribution in [0.15, 0.2) is 27.8 Å². The number of nitrogens with one attached hydrogen (secondary N) is 1. The predicted molar refractivity (Wildman–Crippen MR) is 93.5 cm³/mol. The van der Waals surface area contributed by atoms with Crippen LogP contribution in [0.25, 0.3) is 0 Å². The van der Waals surface area contributed by atoms with E-state index in [9.17, 15) is 9.90 Å². The van der Waals surface area contributed by atoms with E-state index in [0.717, 1.165) is 24.8 Å². The molecule has 2 radical (unpaired) electrons. The van der Waals surface area contributed by atoms with Crippen LogP contribution in [0.1, 0.15) is 24.8 Å². The number of hydrogen-bond acceptors (Lipinski definition) is 4. The molecule has 1 aliphatic rings. The molecule has 0 aliphatic heterocycles. The molecule has 1 aromatic carbocycles. The standard InChI is InChI=1S/C15H17BrN2O3Se2/c16-10-5-8(1-3-12(10)19)6-11(18-21)15(20)17-9-2-4-13(22)14(23)7-9/h1,3,5,9,13-14,19,21H,2,4,6-7H2,(H,17,20)/b18-11+. The minimum absolute atomic E-state index is 0.0596. The van der Waals surface area contributed by atoms with Crippen LogP contribution in [-0.4, -0.2) is 60.0 Å². The van der Waals surface area contributed by atoms with Crippen molar-refractivity contribution in [1.82, 2.24) is 5.32 Å². The predicted octanol–water partition coefficient (Wildman–Crippen LogP) is 2.11. The summed E-state index contributed by atoms with van der Waals surface area (Å²) >= 11 is 9.51. The summed E-state index contributed by atoms with van der Waals surface area (Å²) < 4.78 is 0.537. The van der Waals surface area contributed by atoms with Gasteiger partial charge < -0.3 is 0 Å². The summed E-state index contributed by atoms with van der Waals surface area (Å²) in [5.41, 5.74) is 0.829. The third kappa shape index (κ3) is 5.23. The molecule has 1 fully saturated rings. The van der Waals surface area contributed by atoms with Crippen molar-refractivity contribution >= 4 is 59.6 Å². The first-order valence-electron chi connectivity index (χ1n) is 7.21. The van der Waals surface area contributed by atoms with E-state index in [1.54, 1.807) is 12.1 Å². The van der Waals surface area contributed by atoms with Crippen molar-refractivity contribution in [3.63, 3.8) is 0 Å². The fraction of sp³-hybridized carbons (Fsp3) is 0.467. The molecule has 3 atom stereocenters. The molecule has 8 heteroatoms. The zero-order chi connectivity index (χ0) is 17.0. The second kappa shape index (κ2) is 8.54. The van der Waals surface area contributed by atoms with Gasteiger partial charge in [0.15, 0.2) is 0 Å². The summed E-state index contributed by atoms with van der Waals surface area (Å²) in [5.74, 6) is -0.230. The minimum atomic E-state index is -0.354. The molecule has 0 saturated heterocycles. The molecule has 0 heterocycles. The van der Waals surface area contributed by atoms with Crippen LogP contribution in [0.4, 0.5) is 0 Å². The maximum atomic E-state index is 12.3. The van der Waals surface area contributed by atoms with Crippen molar-refractivity contribution < 1.29 is 15.1 Å². The Bertz CT molecular complexity index is 612. The third-order valence-corrected chi connectivity index (χ3v) is 7.62. The van der Waals surface area contributed by atoms with Crippen LogP contribution < -0.4 is 5.32 Å². The van der Waals surface area contributed by atoms with Crippen LogP contribution in [0.3, 0.4) is 0 Å². The zero-order valence-corrected chi connectivity index (χ0v) is 17.2. The van der Waals surface area contributed by atoms with Crippen LogP contribution in [0.5, 0.6) is 5.75 Å². The van der Waals surface area contributed by atoms with Gasteiger partial charge in [-0.05, 0) is 0 Å². The van der Waals surface area contributed by atoms with Crippen molar-refractivity contribution in [3.05, 3.63) is 28.2 Å². The normalized spacial score (nSPS) is 25.2. The second-order valence-corrected chi connectivity index (χ2v) is 8.96. The Kier molecular flexibility index (Phi) is 6.98. The Morgan fingerprint density at radius 2 is 2.09 bits per heavy atom. The first-order chi connectivity index (χ1) is 10.9. The molecule has 1 saturated carbocycles. The van der Waals surface area contributed by atoms with Gasteiger partial charge in [-0.2, -0.15) is 0 Å². The van der Waals surface area contributed by atoms with Crippen molar-refractivity contribution in [2.75, 3.05) is 0 Å². The summed E-state index contributed by atoms with van der Waals surface area (Å²) in [7, 11) is 0. The fourth-order valence-corrected chi connectivity index (χ4v) is 4.23. The van der Waals surface area contributed by atoms with Crippen molar-refractivity contribution in [2.24, 2.45) is 5.16 Å². The second-order valence-electron chi connectivity index (χ2n) is 5.57. The molecule has 0 aromatic heterocycles. The Morgan fingerprint density at radius 3 is 2.70 bits per heavy atom. The van der Waals surface area contributed by atoms with Crippen molar-refractivity contribution in [2.45, 2.75) is 41.4 Å². The molecule has 3 unspecified atom stereocenters. The van der Waals surface area contributed by atoms with Gasteiger partial charge in [0.25, 0.3) is 0 Å².